The van der Waals surface area contributed by atoms with Gasteiger partial charge in [-0.1, -0.05) is 31.5 Å². The van der Waals surface area contributed by atoms with E-state index in [9.17, 15) is 0 Å². The first-order valence-corrected chi connectivity index (χ1v) is 8.39. The highest BCUT2D eigenvalue weighted by molar-refractivity contribution is 6.33. The average molecular weight is 295 g/mol. The van der Waals surface area contributed by atoms with Gasteiger partial charge < -0.3 is 10.2 Å². The third kappa shape index (κ3) is 3.89. The molecule has 1 atom stereocenters. The van der Waals surface area contributed by atoms with E-state index < -0.39 is 0 Å². The predicted molar refractivity (Wildman–Crippen MR) is 88.7 cm³/mol. The summed E-state index contributed by atoms with van der Waals surface area (Å²) in [4.78, 5) is 2.51. The molecular weight excluding hydrogens is 268 g/mol. The molecule has 1 heterocycles. The van der Waals surface area contributed by atoms with Crippen molar-refractivity contribution in [3.63, 3.8) is 0 Å². The summed E-state index contributed by atoms with van der Waals surface area (Å²) in [5.74, 6) is 0. The number of hydrogen-bond acceptors (Lipinski definition) is 2. The van der Waals surface area contributed by atoms with Crippen molar-refractivity contribution in [2.24, 2.45) is 0 Å². The standard InChI is InChI=1S/C17H27ClN2/c1-3-10-19-13-14-8-9-17(16(18)12-14)20-11-6-5-7-15(20)4-2/h8-9,12,15,19H,3-7,10-11,13H2,1-2H3. The van der Waals surface area contributed by atoms with Crippen LogP contribution in [0.25, 0.3) is 0 Å². The number of nitrogens with zero attached hydrogens (tertiary/aromatic N) is 1. The summed E-state index contributed by atoms with van der Waals surface area (Å²) in [6, 6.07) is 7.20. The van der Waals surface area contributed by atoms with E-state index in [0.29, 0.717) is 6.04 Å². The summed E-state index contributed by atoms with van der Waals surface area (Å²) in [5, 5.41) is 4.33. The molecule has 0 spiro atoms. The van der Waals surface area contributed by atoms with Crippen LogP contribution in [0.2, 0.25) is 5.02 Å². The molecule has 3 heteroatoms. The van der Waals surface area contributed by atoms with Crippen molar-refractivity contribution in [1.82, 2.24) is 5.32 Å². The van der Waals surface area contributed by atoms with Gasteiger partial charge in [0.1, 0.15) is 0 Å². The fourth-order valence-corrected chi connectivity index (χ4v) is 3.36. The summed E-state index contributed by atoms with van der Waals surface area (Å²) in [6.45, 7) is 7.57. The van der Waals surface area contributed by atoms with E-state index >= 15 is 0 Å². The smallest absolute Gasteiger partial charge is 0.0642 e. The number of rotatable bonds is 6. The van der Waals surface area contributed by atoms with Gasteiger partial charge in [-0.3, -0.25) is 0 Å². The first-order valence-electron chi connectivity index (χ1n) is 8.02. The van der Waals surface area contributed by atoms with Crippen LogP contribution in [0.4, 0.5) is 5.69 Å². The van der Waals surface area contributed by atoms with Gasteiger partial charge in [0.15, 0.2) is 0 Å². The third-order valence-corrected chi connectivity index (χ3v) is 4.48. The highest BCUT2D eigenvalue weighted by atomic mass is 35.5. The van der Waals surface area contributed by atoms with Gasteiger partial charge in [0.2, 0.25) is 0 Å². The lowest BCUT2D eigenvalue weighted by Gasteiger charge is -2.37. The first kappa shape index (κ1) is 15.7. The Labute approximate surface area is 128 Å². The van der Waals surface area contributed by atoms with Crippen molar-refractivity contribution in [3.8, 4) is 0 Å². The van der Waals surface area contributed by atoms with E-state index in [4.69, 9.17) is 11.6 Å². The maximum Gasteiger partial charge on any atom is 0.0642 e. The minimum atomic E-state index is 0.658. The van der Waals surface area contributed by atoms with Crippen molar-refractivity contribution in [2.45, 2.75) is 58.5 Å². The van der Waals surface area contributed by atoms with E-state index in [2.05, 4.69) is 42.3 Å². The van der Waals surface area contributed by atoms with Crippen molar-refractivity contribution in [3.05, 3.63) is 28.8 Å². The van der Waals surface area contributed by atoms with Crippen molar-refractivity contribution < 1.29 is 0 Å². The number of benzene rings is 1. The summed E-state index contributed by atoms with van der Waals surface area (Å²) in [6.07, 6.45) is 6.30. The monoisotopic (exact) mass is 294 g/mol. The van der Waals surface area contributed by atoms with Gasteiger partial charge in [-0.25, -0.2) is 0 Å². The van der Waals surface area contributed by atoms with E-state index in [1.807, 2.05) is 0 Å². The second-order valence-electron chi connectivity index (χ2n) is 5.71. The first-order chi connectivity index (χ1) is 9.76. The Balaban J connectivity index is 2.08. The Morgan fingerprint density at radius 2 is 2.15 bits per heavy atom. The van der Waals surface area contributed by atoms with Gasteiger partial charge in [0.25, 0.3) is 0 Å². The zero-order valence-corrected chi connectivity index (χ0v) is 13.5. The minimum absolute atomic E-state index is 0.658. The lowest BCUT2D eigenvalue weighted by atomic mass is 9.99. The molecule has 0 aromatic heterocycles. The maximum atomic E-state index is 6.53. The molecule has 1 fully saturated rings. The van der Waals surface area contributed by atoms with E-state index in [1.165, 1.54) is 36.9 Å². The van der Waals surface area contributed by atoms with Gasteiger partial charge in [-0.2, -0.15) is 0 Å². The van der Waals surface area contributed by atoms with Crippen molar-refractivity contribution in [2.75, 3.05) is 18.0 Å². The number of piperidine rings is 1. The lowest BCUT2D eigenvalue weighted by Crippen LogP contribution is -2.39. The zero-order valence-electron chi connectivity index (χ0n) is 12.8. The molecule has 0 radical (unpaired) electrons. The Kier molecular flexibility index (Phi) is 6.18. The average Bonchev–Trinajstić information content (AvgIpc) is 2.48. The minimum Gasteiger partial charge on any atom is -0.367 e. The molecule has 0 saturated carbocycles. The van der Waals surface area contributed by atoms with Crippen LogP contribution in [0, 0.1) is 0 Å². The Hall–Kier alpha value is -0.730. The van der Waals surface area contributed by atoms with Gasteiger partial charge in [-0.05, 0) is 56.3 Å². The fourth-order valence-electron chi connectivity index (χ4n) is 3.04. The largest absolute Gasteiger partial charge is 0.367 e. The molecule has 1 N–H and O–H groups in total. The van der Waals surface area contributed by atoms with Crippen LogP contribution < -0.4 is 10.2 Å². The van der Waals surface area contributed by atoms with Crippen molar-refractivity contribution in [1.29, 1.82) is 0 Å². The lowest BCUT2D eigenvalue weighted by molar-refractivity contribution is 0.450. The Morgan fingerprint density at radius 3 is 2.85 bits per heavy atom. The molecule has 20 heavy (non-hydrogen) atoms. The van der Waals surface area contributed by atoms with Gasteiger partial charge in [0.05, 0.1) is 10.7 Å². The molecule has 1 aromatic carbocycles. The summed E-state index contributed by atoms with van der Waals surface area (Å²) < 4.78 is 0. The number of halogens is 1. The normalized spacial score (nSPS) is 19.4. The molecule has 2 rings (SSSR count). The van der Waals surface area contributed by atoms with E-state index in [0.717, 1.165) is 31.1 Å². The van der Waals surface area contributed by atoms with Crippen LogP contribution in [0.1, 0.15) is 51.5 Å². The van der Waals surface area contributed by atoms with Crippen LogP contribution >= 0.6 is 11.6 Å². The van der Waals surface area contributed by atoms with Crippen LogP contribution in [0.5, 0.6) is 0 Å². The predicted octanol–water partition coefficient (Wildman–Crippen LogP) is 4.61. The van der Waals surface area contributed by atoms with Gasteiger partial charge in [0, 0.05) is 19.1 Å². The summed E-state index contributed by atoms with van der Waals surface area (Å²) in [7, 11) is 0. The molecule has 1 aliphatic rings. The van der Waals surface area contributed by atoms with Crippen LogP contribution in [0.3, 0.4) is 0 Å². The number of anilines is 1. The molecule has 2 nitrogen and oxygen atoms in total. The topological polar surface area (TPSA) is 15.3 Å². The summed E-state index contributed by atoms with van der Waals surface area (Å²) >= 11 is 6.53. The molecule has 0 amide bonds. The second kappa shape index (κ2) is 7.90. The molecule has 1 aromatic rings. The Morgan fingerprint density at radius 1 is 1.30 bits per heavy atom. The van der Waals surface area contributed by atoms with E-state index in [1.54, 1.807) is 0 Å². The third-order valence-electron chi connectivity index (χ3n) is 4.18. The molecule has 1 unspecified atom stereocenters. The maximum absolute atomic E-state index is 6.53. The summed E-state index contributed by atoms with van der Waals surface area (Å²) in [5.41, 5.74) is 2.50. The SMILES string of the molecule is CCCNCc1ccc(N2CCCCC2CC)c(Cl)c1. The van der Waals surface area contributed by atoms with Crippen LogP contribution in [0.15, 0.2) is 18.2 Å². The fraction of sp³-hybridized carbons (Fsp3) is 0.647. The molecule has 112 valence electrons. The van der Waals surface area contributed by atoms with Crippen molar-refractivity contribution >= 4 is 17.3 Å². The molecule has 0 bridgehead atoms. The van der Waals surface area contributed by atoms with Gasteiger partial charge in [-0.15, -0.1) is 0 Å². The molecule has 1 aliphatic heterocycles. The number of nitrogens with one attached hydrogen (secondary N) is 1. The molecule has 0 aliphatic carbocycles. The molecular formula is C17H27ClN2. The highest BCUT2D eigenvalue weighted by Gasteiger charge is 2.22. The Bertz CT molecular complexity index is 419. The van der Waals surface area contributed by atoms with Crippen LogP contribution in [-0.2, 0) is 6.54 Å². The highest BCUT2D eigenvalue weighted by Crippen LogP contribution is 2.32. The quantitative estimate of drug-likeness (QED) is 0.771. The van der Waals surface area contributed by atoms with Crippen LogP contribution in [-0.4, -0.2) is 19.1 Å². The molecule has 1 saturated heterocycles. The second-order valence-corrected chi connectivity index (χ2v) is 6.12. The van der Waals surface area contributed by atoms with E-state index in [-0.39, 0.29) is 0 Å². The van der Waals surface area contributed by atoms with Gasteiger partial charge >= 0.3 is 0 Å². The number of hydrogen-bond donors (Lipinski definition) is 1. The zero-order chi connectivity index (χ0) is 14.4.